The minimum Gasteiger partial charge on any atom is -0.496 e. The Hall–Kier alpha value is -1.38. The summed E-state index contributed by atoms with van der Waals surface area (Å²) in [6.07, 6.45) is 0.801. The van der Waals surface area contributed by atoms with E-state index in [0.717, 1.165) is 6.29 Å². The predicted octanol–water partition coefficient (Wildman–Crippen LogP) is 2.14. The molecule has 0 aliphatic heterocycles. The molecular weight excluding hydrogens is 171 g/mol. The van der Waals surface area contributed by atoms with Crippen LogP contribution in [0.1, 0.15) is 18.4 Å². The van der Waals surface area contributed by atoms with Crippen molar-refractivity contribution in [2.75, 3.05) is 7.11 Å². The second-order valence-corrected chi connectivity index (χ2v) is 2.81. The van der Waals surface area contributed by atoms with Crippen LogP contribution in [0.15, 0.2) is 18.2 Å². The number of aldehydes is 1. The third-order valence-corrected chi connectivity index (χ3v) is 1.89. The SMILES string of the molecule is COc1cc(F)ccc1C(C)C=O. The van der Waals surface area contributed by atoms with Crippen LogP contribution >= 0.6 is 0 Å². The van der Waals surface area contributed by atoms with E-state index in [4.69, 9.17) is 4.74 Å². The minimum atomic E-state index is -0.362. The average Bonchev–Trinajstić information content (AvgIpc) is 2.16. The highest BCUT2D eigenvalue weighted by Crippen LogP contribution is 2.25. The van der Waals surface area contributed by atoms with Gasteiger partial charge in [-0.2, -0.15) is 0 Å². The average molecular weight is 182 g/mol. The Balaban J connectivity index is 3.12. The van der Waals surface area contributed by atoms with Gasteiger partial charge in [0.25, 0.3) is 0 Å². The Bertz CT molecular complexity index is 310. The summed E-state index contributed by atoms with van der Waals surface area (Å²) in [5.41, 5.74) is 0.707. The van der Waals surface area contributed by atoms with Gasteiger partial charge in [-0.1, -0.05) is 13.0 Å². The third kappa shape index (κ3) is 2.05. The monoisotopic (exact) mass is 182 g/mol. The number of hydrogen-bond donors (Lipinski definition) is 0. The standard InChI is InChI=1S/C10H11FO2/c1-7(6-12)9-4-3-8(11)5-10(9)13-2/h3-7H,1-2H3. The molecule has 3 heteroatoms. The van der Waals surface area contributed by atoms with Gasteiger partial charge >= 0.3 is 0 Å². The van der Waals surface area contributed by atoms with Crippen molar-refractivity contribution < 1.29 is 13.9 Å². The number of rotatable bonds is 3. The van der Waals surface area contributed by atoms with E-state index in [1.807, 2.05) is 0 Å². The molecule has 0 amide bonds. The molecule has 0 heterocycles. The molecule has 1 aromatic rings. The maximum absolute atomic E-state index is 12.7. The zero-order chi connectivity index (χ0) is 9.84. The first kappa shape index (κ1) is 9.71. The van der Waals surface area contributed by atoms with E-state index in [-0.39, 0.29) is 11.7 Å². The van der Waals surface area contributed by atoms with Gasteiger partial charge in [-0.15, -0.1) is 0 Å². The van der Waals surface area contributed by atoms with Gasteiger partial charge in [-0.05, 0) is 6.07 Å². The summed E-state index contributed by atoms with van der Waals surface area (Å²) in [6, 6.07) is 4.15. The van der Waals surface area contributed by atoms with E-state index in [2.05, 4.69) is 0 Å². The molecule has 1 atom stereocenters. The summed E-state index contributed by atoms with van der Waals surface area (Å²) in [7, 11) is 1.45. The maximum atomic E-state index is 12.7. The van der Waals surface area contributed by atoms with Crippen molar-refractivity contribution in [2.45, 2.75) is 12.8 Å². The molecule has 0 aromatic heterocycles. The molecule has 70 valence electrons. The van der Waals surface area contributed by atoms with E-state index >= 15 is 0 Å². The molecule has 0 aliphatic carbocycles. The van der Waals surface area contributed by atoms with Crippen LogP contribution in [0.2, 0.25) is 0 Å². The summed E-state index contributed by atoms with van der Waals surface area (Å²) < 4.78 is 17.7. The summed E-state index contributed by atoms with van der Waals surface area (Å²) >= 11 is 0. The van der Waals surface area contributed by atoms with Gasteiger partial charge in [-0.25, -0.2) is 4.39 Å². The highest BCUT2D eigenvalue weighted by molar-refractivity contribution is 5.63. The van der Waals surface area contributed by atoms with Crippen molar-refractivity contribution in [2.24, 2.45) is 0 Å². The molecule has 0 spiro atoms. The van der Waals surface area contributed by atoms with Gasteiger partial charge in [0.05, 0.1) is 7.11 Å². The molecule has 2 nitrogen and oxygen atoms in total. The molecular formula is C10H11FO2. The van der Waals surface area contributed by atoms with E-state index in [0.29, 0.717) is 11.3 Å². The van der Waals surface area contributed by atoms with Crippen LogP contribution in [-0.4, -0.2) is 13.4 Å². The van der Waals surface area contributed by atoms with Gasteiger partial charge in [0, 0.05) is 17.5 Å². The van der Waals surface area contributed by atoms with Crippen LogP contribution < -0.4 is 4.74 Å². The summed E-state index contributed by atoms with van der Waals surface area (Å²) in [5.74, 6) is -0.214. The Labute approximate surface area is 76.3 Å². The van der Waals surface area contributed by atoms with Gasteiger partial charge in [0.2, 0.25) is 0 Å². The number of hydrogen-bond acceptors (Lipinski definition) is 2. The van der Waals surface area contributed by atoms with Gasteiger partial charge in [0.15, 0.2) is 0 Å². The van der Waals surface area contributed by atoms with Crippen LogP contribution in [0, 0.1) is 5.82 Å². The number of methoxy groups -OCH3 is 1. The number of ether oxygens (including phenoxy) is 1. The molecule has 1 unspecified atom stereocenters. The Kier molecular flexibility index (Phi) is 3.01. The Morgan fingerprint density at radius 2 is 2.23 bits per heavy atom. The highest BCUT2D eigenvalue weighted by Gasteiger charge is 2.10. The largest absolute Gasteiger partial charge is 0.496 e. The van der Waals surface area contributed by atoms with E-state index in [1.165, 1.54) is 19.2 Å². The lowest BCUT2D eigenvalue weighted by Crippen LogP contribution is -1.98. The molecule has 1 rings (SSSR count). The zero-order valence-corrected chi connectivity index (χ0v) is 7.58. The summed E-state index contributed by atoms with van der Waals surface area (Å²) in [6.45, 7) is 1.74. The molecule has 0 fully saturated rings. The fraction of sp³-hybridized carbons (Fsp3) is 0.300. The van der Waals surface area contributed by atoms with E-state index < -0.39 is 0 Å². The first-order valence-corrected chi connectivity index (χ1v) is 3.97. The van der Waals surface area contributed by atoms with E-state index in [9.17, 15) is 9.18 Å². The number of carbonyl (C=O) groups is 1. The second-order valence-electron chi connectivity index (χ2n) is 2.81. The fourth-order valence-corrected chi connectivity index (χ4v) is 1.13. The molecule has 0 saturated heterocycles. The van der Waals surface area contributed by atoms with Crippen molar-refractivity contribution in [3.05, 3.63) is 29.6 Å². The molecule has 0 saturated carbocycles. The van der Waals surface area contributed by atoms with Crippen molar-refractivity contribution in [1.82, 2.24) is 0 Å². The lowest BCUT2D eigenvalue weighted by atomic mass is 10.0. The third-order valence-electron chi connectivity index (χ3n) is 1.89. The van der Waals surface area contributed by atoms with Crippen LogP contribution in [0.25, 0.3) is 0 Å². The fourth-order valence-electron chi connectivity index (χ4n) is 1.13. The van der Waals surface area contributed by atoms with Crippen molar-refractivity contribution in [3.8, 4) is 5.75 Å². The lowest BCUT2D eigenvalue weighted by Gasteiger charge is -2.09. The van der Waals surface area contributed by atoms with Crippen molar-refractivity contribution >= 4 is 6.29 Å². The smallest absolute Gasteiger partial charge is 0.127 e. The molecule has 0 bridgehead atoms. The van der Waals surface area contributed by atoms with Gasteiger partial charge in [0.1, 0.15) is 17.9 Å². The van der Waals surface area contributed by atoms with Crippen LogP contribution in [-0.2, 0) is 4.79 Å². The maximum Gasteiger partial charge on any atom is 0.127 e. The van der Waals surface area contributed by atoms with Gasteiger partial charge < -0.3 is 9.53 Å². The van der Waals surface area contributed by atoms with Crippen molar-refractivity contribution in [1.29, 1.82) is 0 Å². The first-order chi connectivity index (χ1) is 6.19. The normalized spacial score (nSPS) is 12.2. The zero-order valence-electron chi connectivity index (χ0n) is 7.58. The molecule has 0 aliphatic rings. The molecule has 0 N–H and O–H groups in total. The second kappa shape index (κ2) is 4.03. The number of carbonyl (C=O) groups excluding carboxylic acids is 1. The number of halogens is 1. The van der Waals surface area contributed by atoms with E-state index in [1.54, 1.807) is 13.0 Å². The Morgan fingerprint density at radius 3 is 2.77 bits per heavy atom. The van der Waals surface area contributed by atoms with Crippen LogP contribution in [0.5, 0.6) is 5.75 Å². The molecule has 1 aromatic carbocycles. The predicted molar refractivity (Wildman–Crippen MR) is 47.4 cm³/mol. The lowest BCUT2D eigenvalue weighted by molar-refractivity contribution is -0.108. The summed E-state index contributed by atoms with van der Waals surface area (Å²) in [4.78, 5) is 10.5. The molecule has 13 heavy (non-hydrogen) atoms. The van der Waals surface area contributed by atoms with Crippen LogP contribution in [0.4, 0.5) is 4.39 Å². The van der Waals surface area contributed by atoms with Crippen LogP contribution in [0.3, 0.4) is 0 Å². The summed E-state index contributed by atoms with van der Waals surface area (Å²) in [5, 5.41) is 0. The topological polar surface area (TPSA) is 26.3 Å². The van der Waals surface area contributed by atoms with Crippen molar-refractivity contribution in [3.63, 3.8) is 0 Å². The quantitative estimate of drug-likeness (QED) is 0.669. The first-order valence-electron chi connectivity index (χ1n) is 3.97. The molecule has 0 radical (unpaired) electrons. The minimum absolute atomic E-state index is 0.268. The number of benzene rings is 1. The highest BCUT2D eigenvalue weighted by atomic mass is 19.1. The van der Waals surface area contributed by atoms with Gasteiger partial charge in [-0.3, -0.25) is 0 Å². The Morgan fingerprint density at radius 1 is 1.54 bits per heavy atom.